The molecule has 3 aromatic carbocycles. The highest BCUT2D eigenvalue weighted by molar-refractivity contribution is 6.31. The number of amides is 1. The highest BCUT2D eigenvalue weighted by Gasteiger charge is 2.11. The predicted molar refractivity (Wildman–Crippen MR) is 116 cm³/mol. The normalized spacial score (nSPS) is 11.3. The number of nitrogens with zero attached hydrogens (tertiary/aromatic N) is 3. The number of hydrogen-bond acceptors (Lipinski definition) is 6. The topological polar surface area (TPSA) is 107 Å². The van der Waals surface area contributed by atoms with Crippen LogP contribution < -0.4 is 5.43 Å². The molecule has 0 atom stereocenters. The Morgan fingerprint density at radius 3 is 2.30 bits per heavy atom. The minimum Gasteiger partial charge on any atom is -0.507 e. The van der Waals surface area contributed by atoms with E-state index in [2.05, 4.69) is 20.8 Å². The first-order valence-corrected chi connectivity index (χ1v) is 9.35. The van der Waals surface area contributed by atoms with Crippen LogP contribution in [0.5, 0.6) is 11.5 Å². The van der Waals surface area contributed by atoms with E-state index in [0.717, 1.165) is 11.3 Å². The Morgan fingerprint density at radius 1 is 0.900 bits per heavy atom. The summed E-state index contributed by atoms with van der Waals surface area (Å²) < 4.78 is 0. The molecule has 0 aliphatic carbocycles. The smallest absolute Gasteiger partial charge is 0.275 e. The van der Waals surface area contributed by atoms with Gasteiger partial charge in [0.05, 0.1) is 23.2 Å². The van der Waals surface area contributed by atoms with Gasteiger partial charge in [0.25, 0.3) is 5.91 Å². The SMILES string of the molecule is Cc1ccc(N=Nc2ccc(O)c(C=NNC(=O)c3cc(Cl)ccc3O)c2)cc1C. The molecule has 3 rings (SSSR count). The van der Waals surface area contributed by atoms with Gasteiger partial charge in [-0.3, -0.25) is 4.79 Å². The van der Waals surface area contributed by atoms with E-state index in [1.807, 2.05) is 32.0 Å². The lowest BCUT2D eigenvalue weighted by atomic mass is 10.1. The van der Waals surface area contributed by atoms with Crippen molar-refractivity contribution in [1.29, 1.82) is 0 Å². The number of benzene rings is 3. The standard InChI is InChI=1S/C22H19ClN4O3/c1-13-3-5-17(9-14(13)2)25-26-18-6-8-20(28)15(10-18)12-24-27-22(30)19-11-16(23)4-7-21(19)29/h3-12,28-29H,1-2H3,(H,27,30). The summed E-state index contributed by atoms with van der Waals surface area (Å²) in [6.07, 6.45) is 1.27. The molecule has 0 radical (unpaired) electrons. The minimum atomic E-state index is -0.642. The predicted octanol–water partition coefficient (Wildman–Crippen LogP) is 5.55. The van der Waals surface area contributed by atoms with Gasteiger partial charge in [-0.05, 0) is 73.5 Å². The largest absolute Gasteiger partial charge is 0.507 e. The van der Waals surface area contributed by atoms with E-state index < -0.39 is 5.91 Å². The van der Waals surface area contributed by atoms with Crippen LogP contribution in [0.25, 0.3) is 0 Å². The fraction of sp³-hybridized carbons (Fsp3) is 0.0909. The molecule has 0 aliphatic heterocycles. The highest BCUT2D eigenvalue weighted by atomic mass is 35.5. The maximum Gasteiger partial charge on any atom is 0.275 e. The molecule has 8 heteroatoms. The van der Waals surface area contributed by atoms with E-state index >= 15 is 0 Å². The number of hydrazone groups is 1. The molecular weight excluding hydrogens is 404 g/mol. The molecule has 0 heterocycles. The summed E-state index contributed by atoms with van der Waals surface area (Å²) in [5, 5.41) is 32.3. The lowest BCUT2D eigenvalue weighted by Gasteiger charge is -2.04. The number of aryl methyl sites for hydroxylation is 2. The fourth-order valence-corrected chi connectivity index (χ4v) is 2.69. The zero-order valence-electron chi connectivity index (χ0n) is 16.3. The third kappa shape index (κ3) is 5.21. The average molecular weight is 423 g/mol. The Kier molecular flexibility index (Phi) is 6.44. The first-order chi connectivity index (χ1) is 14.3. The van der Waals surface area contributed by atoms with Crippen LogP contribution in [0.3, 0.4) is 0 Å². The molecule has 3 N–H and O–H groups in total. The van der Waals surface area contributed by atoms with Crippen LogP contribution in [0, 0.1) is 13.8 Å². The van der Waals surface area contributed by atoms with E-state index in [0.29, 0.717) is 16.3 Å². The molecule has 0 fully saturated rings. The van der Waals surface area contributed by atoms with Crippen molar-refractivity contribution >= 4 is 35.1 Å². The first kappa shape index (κ1) is 21.0. The van der Waals surface area contributed by atoms with Crippen LogP contribution in [-0.2, 0) is 0 Å². The van der Waals surface area contributed by atoms with Gasteiger partial charge in [-0.2, -0.15) is 15.3 Å². The summed E-state index contributed by atoms with van der Waals surface area (Å²) in [6.45, 7) is 4.02. The number of phenols is 2. The fourth-order valence-electron chi connectivity index (χ4n) is 2.52. The summed E-state index contributed by atoms with van der Waals surface area (Å²) in [5.41, 5.74) is 6.11. The van der Waals surface area contributed by atoms with Crippen LogP contribution in [0.15, 0.2) is 69.9 Å². The number of rotatable bonds is 5. The Morgan fingerprint density at radius 2 is 1.57 bits per heavy atom. The average Bonchev–Trinajstić information content (AvgIpc) is 2.72. The number of hydrogen-bond donors (Lipinski definition) is 3. The zero-order chi connectivity index (χ0) is 21.7. The Balaban J connectivity index is 1.73. The molecule has 152 valence electrons. The summed E-state index contributed by atoms with van der Waals surface area (Å²) in [5.74, 6) is -0.899. The zero-order valence-corrected chi connectivity index (χ0v) is 17.1. The van der Waals surface area contributed by atoms with Crippen LogP contribution >= 0.6 is 11.6 Å². The van der Waals surface area contributed by atoms with Crippen LogP contribution in [0.4, 0.5) is 11.4 Å². The van der Waals surface area contributed by atoms with Gasteiger partial charge in [-0.25, -0.2) is 5.43 Å². The molecular formula is C22H19ClN4O3. The number of azo groups is 1. The molecule has 0 spiro atoms. The number of halogens is 1. The molecule has 0 aromatic heterocycles. The Labute approximate surface area is 178 Å². The van der Waals surface area contributed by atoms with Crippen molar-refractivity contribution in [3.8, 4) is 11.5 Å². The Hall–Kier alpha value is -3.71. The number of nitrogens with one attached hydrogen (secondary N) is 1. The van der Waals surface area contributed by atoms with E-state index in [1.165, 1.54) is 36.0 Å². The maximum atomic E-state index is 12.1. The van der Waals surface area contributed by atoms with E-state index in [1.54, 1.807) is 12.1 Å². The molecule has 0 bridgehead atoms. The second kappa shape index (κ2) is 9.19. The van der Waals surface area contributed by atoms with Crippen LogP contribution in [-0.4, -0.2) is 22.3 Å². The van der Waals surface area contributed by atoms with E-state index in [4.69, 9.17) is 11.6 Å². The first-order valence-electron chi connectivity index (χ1n) is 8.97. The lowest BCUT2D eigenvalue weighted by molar-refractivity contribution is 0.0952. The van der Waals surface area contributed by atoms with Crippen molar-refractivity contribution in [2.45, 2.75) is 13.8 Å². The van der Waals surface area contributed by atoms with Gasteiger partial charge in [-0.15, -0.1) is 0 Å². The third-order valence-corrected chi connectivity index (χ3v) is 4.59. The molecule has 30 heavy (non-hydrogen) atoms. The van der Waals surface area contributed by atoms with Gasteiger partial charge in [0.2, 0.25) is 0 Å². The van der Waals surface area contributed by atoms with Gasteiger partial charge in [0.1, 0.15) is 11.5 Å². The second-order valence-electron chi connectivity index (χ2n) is 6.57. The lowest BCUT2D eigenvalue weighted by Crippen LogP contribution is -2.17. The van der Waals surface area contributed by atoms with Crippen molar-refractivity contribution in [1.82, 2.24) is 5.43 Å². The monoisotopic (exact) mass is 422 g/mol. The summed E-state index contributed by atoms with van der Waals surface area (Å²) in [4.78, 5) is 12.1. The van der Waals surface area contributed by atoms with Gasteiger partial charge in [0, 0.05) is 10.6 Å². The molecule has 0 saturated carbocycles. The molecule has 0 unspecified atom stereocenters. The number of carbonyl (C=O) groups excluding carboxylic acids is 1. The van der Waals surface area contributed by atoms with Gasteiger partial charge >= 0.3 is 0 Å². The summed E-state index contributed by atoms with van der Waals surface area (Å²) in [6, 6.07) is 14.5. The van der Waals surface area contributed by atoms with Crippen molar-refractivity contribution in [3.63, 3.8) is 0 Å². The van der Waals surface area contributed by atoms with Gasteiger partial charge in [0.15, 0.2) is 0 Å². The van der Waals surface area contributed by atoms with Crippen LogP contribution in [0.1, 0.15) is 27.0 Å². The molecule has 7 nitrogen and oxygen atoms in total. The van der Waals surface area contributed by atoms with Gasteiger partial charge in [-0.1, -0.05) is 17.7 Å². The van der Waals surface area contributed by atoms with E-state index in [-0.39, 0.29) is 17.1 Å². The number of carbonyl (C=O) groups is 1. The Bertz CT molecular complexity index is 1160. The number of phenolic OH excluding ortho intramolecular Hbond substituents is 2. The third-order valence-electron chi connectivity index (χ3n) is 4.36. The number of aromatic hydroxyl groups is 2. The van der Waals surface area contributed by atoms with Gasteiger partial charge < -0.3 is 10.2 Å². The quantitative estimate of drug-likeness (QED) is 0.285. The highest BCUT2D eigenvalue weighted by Crippen LogP contribution is 2.25. The second-order valence-corrected chi connectivity index (χ2v) is 7.01. The van der Waals surface area contributed by atoms with Crippen molar-refractivity contribution in [2.75, 3.05) is 0 Å². The molecule has 1 amide bonds. The summed E-state index contributed by atoms with van der Waals surface area (Å²) >= 11 is 5.84. The summed E-state index contributed by atoms with van der Waals surface area (Å²) in [7, 11) is 0. The minimum absolute atomic E-state index is 0.0141. The van der Waals surface area contributed by atoms with Crippen molar-refractivity contribution in [3.05, 3.63) is 81.9 Å². The van der Waals surface area contributed by atoms with Crippen molar-refractivity contribution in [2.24, 2.45) is 15.3 Å². The maximum absolute atomic E-state index is 12.1. The molecule has 3 aromatic rings. The van der Waals surface area contributed by atoms with Crippen molar-refractivity contribution < 1.29 is 15.0 Å². The van der Waals surface area contributed by atoms with Crippen LogP contribution in [0.2, 0.25) is 5.02 Å². The molecule has 0 aliphatic rings. The molecule has 0 saturated heterocycles. The van der Waals surface area contributed by atoms with E-state index in [9.17, 15) is 15.0 Å².